The Morgan fingerprint density at radius 2 is 1.88 bits per heavy atom. The van der Waals surface area contributed by atoms with Crippen LogP contribution in [0.5, 0.6) is 0 Å². The van der Waals surface area contributed by atoms with Crippen LogP contribution in [0.3, 0.4) is 0 Å². The number of hydrogen-bond donors (Lipinski definition) is 0. The van der Waals surface area contributed by atoms with E-state index >= 15 is 0 Å². The highest BCUT2D eigenvalue weighted by Gasteiger charge is 2.38. The number of rotatable bonds is 5. The lowest BCUT2D eigenvalue weighted by Crippen LogP contribution is -2.59. The zero-order valence-electron chi connectivity index (χ0n) is 19.5. The molecule has 7 nitrogen and oxygen atoms in total. The van der Waals surface area contributed by atoms with Gasteiger partial charge in [-0.1, -0.05) is 17.3 Å². The van der Waals surface area contributed by atoms with Gasteiger partial charge in [-0.05, 0) is 65.2 Å². The minimum Gasteiger partial charge on any atom is -0.444 e. The zero-order chi connectivity index (χ0) is 23.0. The fourth-order valence-electron chi connectivity index (χ4n) is 4.30. The Kier molecular flexibility index (Phi) is 6.25. The second-order valence-corrected chi connectivity index (χ2v) is 10.1. The fraction of sp³-hybridized carbons (Fsp3) is 0.625. The first kappa shape index (κ1) is 22.7. The largest absolute Gasteiger partial charge is 0.444 e. The van der Waals surface area contributed by atoms with Gasteiger partial charge in [-0.2, -0.15) is 4.98 Å². The van der Waals surface area contributed by atoms with E-state index in [1.165, 1.54) is 12.1 Å². The van der Waals surface area contributed by atoms with E-state index in [9.17, 15) is 9.18 Å². The van der Waals surface area contributed by atoms with Gasteiger partial charge >= 0.3 is 6.09 Å². The van der Waals surface area contributed by atoms with Gasteiger partial charge in [-0.25, -0.2) is 9.18 Å². The van der Waals surface area contributed by atoms with Crippen LogP contribution in [-0.2, 0) is 11.2 Å². The molecule has 8 heteroatoms. The van der Waals surface area contributed by atoms with Crippen molar-refractivity contribution in [1.29, 1.82) is 0 Å². The van der Waals surface area contributed by atoms with Crippen LogP contribution in [0, 0.1) is 5.82 Å². The van der Waals surface area contributed by atoms with Gasteiger partial charge in [-0.3, -0.25) is 4.90 Å². The number of benzene rings is 1. The van der Waals surface area contributed by atoms with Gasteiger partial charge in [-0.15, -0.1) is 0 Å². The van der Waals surface area contributed by atoms with Crippen molar-refractivity contribution in [2.24, 2.45) is 0 Å². The van der Waals surface area contributed by atoms with E-state index in [4.69, 9.17) is 9.26 Å². The summed E-state index contributed by atoms with van der Waals surface area (Å²) in [7, 11) is 0. The maximum Gasteiger partial charge on any atom is 0.410 e. The second kappa shape index (κ2) is 8.81. The summed E-state index contributed by atoms with van der Waals surface area (Å²) >= 11 is 0. The van der Waals surface area contributed by atoms with Crippen molar-refractivity contribution in [3.05, 3.63) is 47.4 Å². The summed E-state index contributed by atoms with van der Waals surface area (Å²) in [5.41, 5.74) is 0.452. The Morgan fingerprint density at radius 1 is 1.19 bits per heavy atom. The lowest BCUT2D eigenvalue weighted by molar-refractivity contribution is -0.0210. The van der Waals surface area contributed by atoms with Crippen molar-refractivity contribution in [1.82, 2.24) is 19.9 Å². The number of amides is 1. The van der Waals surface area contributed by atoms with Crippen molar-refractivity contribution in [2.45, 2.75) is 83.5 Å². The number of carbonyl (C=O) groups excluding carboxylic acids is 1. The highest BCUT2D eigenvalue weighted by molar-refractivity contribution is 5.68. The lowest BCUT2D eigenvalue weighted by Gasteiger charge is -2.47. The number of hydrogen-bond acceptors (Lipinski definition) is 6. The third-order valence-corrected chi connectivity index (χ3v) is 6.11. The van der Waals surface area contributed by atoms with Gasteiger partial charge in [0.2, 0.25) is 5.89 Å². The first-order chi connectivity index (χ1) is 15.1. The van der Waals surface area contributed by atoms with Crippen LogP contribution in [0.15, 0.2) is 28.8 Å². The number of piperazine rings is 1. The smallest absolute Gasteiger partial charge is 0.410 e. The molecule has 1 amide bonds. The molecule has 0 spiro atoms. The van der Waals surface area contributed by atoms with Crippen LogP contribution in [0.2, 0.25) is 0 Å². The molecule has 174 valence electrons. The van der Waals surface area contributed by atoms with Gasteiger partial charge in [0.25, 0.3) is 0 Å². The van der Waals surface area contributed by atoms with E-state index in [1.807, 2.05) is 39.8 Å². The number of aromatic nitrogens is 2. The van der Waals surface area contributed by atoms with Crippen molar-refractivity contribution in [3.63, 3.8) is 0 Å². The van der Waals surface area contributed by atoms with E-state index in [1.54, 1.807) is 4.90 Å². The molecule has 2 aliphatic rings. The maximum absolute atomic E-state index is 13.6. The SMILES string of the molecule is C[C@@H]1CN(C(=O)OC(C)(C)C)[C@@H](C)CN1C(Cc1nc(C2CC2)no1)c1ccc(F)cc1. The molecule has 1 aliphatic heterocycles. The quantitative estimate of drug-likeness (QED) is 0.666. The van der Waals surface area contributed by atoms with Crippen molar-refractivity contribution in [3.8, 4) is 0 Å². The summed E-state index contributed by atoms with van der Waals surface area (Å²) in [6, 6.07) is 6.56. The van der Waals surface area contributed by atoms with Crippen molar-refractivity contribution >= 4 is 6.09 Å². The van der Waals surface area contributed by atoms with Gasteiger partial charge in [0, 0.05) is 43.6 Å². The topological polar surface area (TPSA) is 71.7 Å². The molecule has 1 saturated carbocycles. The van der Waals surface area contributed by atoms with Crippen LogP contribution in [0.25, 0.3) is 0 Å². The van der Waals surface area contributed by atoms with E-state index in [-0.39, 0.29) is 30.0 Å². The molecule has 0 N–H and O–H groups in total. The predicted molar refractivity (Wildman–Crippen MR) is 118 cm³/mol. The molecule has 2 fully saturated rings. The monoisotopic (exact) mass is 444 g/mol. The average Bonchev–Trinajstić information content (AvgIpc) is 3.46. The summed E-state index contributed by atoms with van der Waals surface area (Å²) in [6.07, 6.45) is 2.47. The summed E-state index contributed by atoms with van der Waals surface area (Å²) in [5, 5.41) is 4.15. The van der Waals surface area contributed by atoms with Crippen LogP contribution < -0.4 is 0 Å². The van der Waals surface area contributed by atoms with Crippen LogP contribution in [-0.4, -0.2) is 56.8 Å². The third kappa shape index (κ3) is 5.28. The Hall–Kier alpha value is -2.48. The molecule has 0 bridgehead atoms. The third-order valence-electron chi connectivity index (χ3n) is 6.11. The van der Waals surface area contributed by atoms with Crippen LogP contribution >= 0.6 is 0 Å². The number of carbonyl (C=O) groups is 1. The van der Waals surface area contributed by atoms with Gasteiger partial charge < -0.3 is 14.2 Å². The molecular weight excluding hydrogens is 411 g/mol. The Bertz CT molecular complexity index is 935. The van der Waals surface area contributed by atoms with Gasteiger partial charge in [0.15, 0.2) is 5.82 Å². The maximum atomic E-state index is 13.6. The van der Waals surface area contributed by atoms with Crippen LogP contribution in [0.4, 0.5) is 9.18 Å². The standard InChI is InChI=1S/C24H33FN4O3/c1-15-14-29(23(30)31-24(3,4)5)16(2)13-28(15)20(17-8-10-19(25)11-9-17)12-21-26-22(27-32-21)18-6-7-18/h8-11,15-16,18,20H,6-7,12-14H2,1-5H3/t15-,16+,20?/m1/s1. The molecule has 2 aromatic rings. The fourth-order valence-corrected chi connectivity index (χ4v) is 4.30. The molecule has 1 aromatic heterocycles. The number of halogens is 1. The molecule has 32 heavy (non-hydrogen) atoms. The van der Waals surface area contributed by atoms with Crippen molar-refractivity contribution in [2.75, 3.05) is 13.1 Å². The van der Waals surface area contributed by atoms with E-state index < -0.39 is 5.60 Å². The minimum atomic E-state index is -0.537. The highest BCUT2D eigenvalue weighted by atomic mass is 19.1. The molecule has 4 rings (SSSR count). The normalized spacial score (nSPS) is 23.2. The Morgan fingerprint density at radius 3 is 2.50 bits per heavy atom. The molecule has 1 aliphatic carbocycles. The summed E-state index contributed by atoms with van der Waals surface area (Å²) in [5.74, 6) is 1.54. The first-order valence-corrected chi connectivity index (χ1v) is 11.4. The molecule has 1 saturated heterocycles. The molecule has 1 aromatic carbocycles. The molecule has 0 radical (unpaired) electrons. The molecule has 3 atom stereocenters. The Balaban J connectivity index is 1.55. The number of nitrogens with zero attached hydrogens (tertiary/aromatic N) is 4. The van der Waals surface area contributed by atoms with Gasteiger partial charge in [0.05, 0.1) is 0 Å². The Labute approximate surface area is 188 Å². The molecular formula is C24H33FN4O3. The number of ether oxygens (including phenoxy) is 1. The second-order valence-electron chi connectivity index (χ2n) is 10.1. The highest BCUT2D eigenvalue weighted by Crippen LogP contribution is 2.38. The zero-order valence-corrected chi connectivity index (χ0v) is 19.5. The summed E-state index contributed by atoms with van der Waals surface area (Å²) < 4.78 is 24.8. The van der Waals surface area contributed by atoms with Crippen molar-refractivity contribution < 1.29 is 18.4 Å². The molecule has 2 heterocycles. The summed E-state index contributed by atoms with van der Waals surface area (Å²) in [6.45, 7) is 11.0. The predicted octanol–water partition coefficient (Wildman–Crippen LogP) is 4.70. The van der Waals surface area contributed by atoms with E-state index in [2.05, 4.69) is 22.0 Å². The molecule has 1 unspecified atom stereocenters. The minimum absolute atomic E-state index is 0.0336. The van der Waals surface area contributed by atoms with E-state index in [0.717, 1.165) is 24.2 Å². The van der Waals surface area contributed by atoms with Crippen LogP contribution in [0.1, 0.15) is 76.7 Å². The lowest BCUT2D eigenvalue weighted by atomic mass is 9.97. The summed E-state index contributed by atoms with van der Waals surface area (Å²) in [4.78, 5) is 21.5. The van der Waals surface area contributed by atoms with Gasteiger partial charge in [0.1, 0.15) is 11.4 Å². The first-order valence-electron chi connectivity index (χ1n) is 11.4. The van der Waals surface area contributed by atoms with E-state index in [0.29, 0.717) is 31.3 Å². The average molecular weight is 445 g/mol.